The summed E-state index contributed by atoms with van der Waals surface area (Å²) in [6.45, 7) is 0. The van der Waals surface area contributed by atoms with E-state index in [9.17, 15) is 4.79 Å². The molecule has 0 saturated heterocycles. The molecule has 2 aromatic rings. The first-order chi connectivity index (χ1) is 9.33. The monoisotopic (exact) mass is 369 g/mol. The molecule has 0 saturated carbocycles. The van der Waals surface area contributed by atoms with Crippen LogP contribution in [0, 0.1) is 0 Å². The fraction of sp³-hybridized carbons (Fsp3) is 0. The second kappa shape index (κ2) is 5.31. The number of amides is 1. The molecule has 3 rings (SSSR count). The van der Waals surface area contributed by atoms with E-state index in [0.29, 0.717) is 11.3 Å². The zero-order valence-electron chi connectivity index (χ0n) is 9.54. The summed E-state index contributed by atoms with van der Waals surface area (Å²) in [7, 11) is 0. The van der Waals surface area contributed by atoms with Crippen molar-refractivity contribution in [2.24, 2.45) is 0 Å². The van der Waals surface area contributed by atoms with Gasteiger partial charge in [0.1, 0.15) is 0 Å². The predicted molar refractivity (Wildman–Crippen MR) is 77.9 cm³/mol. The van der Waals surface area contributed by atoms with Gasteiger partial charge in [-0.25, -0.2) is 0 Å². The van der Waals surface area contributed by atoms with Crippen LogP contribution in [0.15, 0.2) is 49.0 Å². The summed E-state index contributed by atoms with van der Waals surface area (Å²) >= 11 is -0.177. The number of nitrogens with one attached hydrogen (secondary N) is 1. The minimum absolute atomic E-state index is 0.0541. The lowest BCUT2D eigenvalue weighted by Gasteiger charge is -2.01. The van der Waals surface area contributed by atoms with Gasteiger partial charge in [-0.2, -0.15) is 0 Å². The number of hydrogen-bond acceptors (Lipinski definition) is 5. The third-order valence-corrected chi connectivity index (χ3v) is 4.10. The molecule has 0 atom stereocenters. The maximum atomic E-state index is 11.9. The van der Waals surface area contributed by atoms with Gasteiger partial charge in [0.2, 0.25) is 0 Å². The number of allylic oxidation sites excluding steroid dienone is 1. The third-order valence-electron chi connectivity index (χ3n) is 2.24. The van der Waals surface area contributed by atoms with Crippen LogP contribution >= 0.6 is 20.7 Å². The molecule has 0 unspecified atom stereocenters. The van der Waals surface area contributed by atoms with E-state index in [2.05, 4.69) is 19.5 Å². The molecule has 0 radical (unpaired) electrons. The number of furan rings is 1. The van der Waals surface area contributed by atoms with Crippen LogP contribution in [0.1, 0.15) is 0 Å². The summed E-state index contributed by atoms with van der Waals surface area (Å²) in [4.78, 5) is 11.9. The van der Waals surface area contributed by atoms with Crippen molar-refractivity contribution < 1.29 is 13.6 Å². The van der Waals surface area contributed by atoms with Crippen molar-refractivity contribution in [3.05, 3.63) is 40.2 Å². The summed E-state index contributed by atoms with van der Waals surface area (Å²) in [5, 5.41) is 10.1. The molecular weight excluding hydrogens is 361 g/mol. The standard InChI is InChI=1S/C12H8IN3O3/c17-10(8-3-1-5-13-7-8)14-12-16-15-11(19-12)9-4-2-6-18-9/h1-7H,(H,14,16,17). The van der Waals surface area contributed by atoms with E-state index in [0.717, 1.165) is 0 Å². The van der Waals surface area contributed by atoms with E-state index >= 15 is 0 Å². The maximum Gasteiger partial charge on any atom is 0.322 e. The number of nitrogens with zero attached hydrogens (tertiary/aromatic N) is 2. The second-order valence-corrected chi connectivity index (χ2v) is 5.58. The van der Waals surface area contributed by atoms with E-state index in [1.54, 1.807) is 18.2 Å². The molecule has 19 heavy (non-hydrogen) atoms. The molecule has 96 valence electrons. The van der Waals surface area contributed by atoms with Gasteiger partial charge >= 0.3 is 6.01 Å². The third kappa shape index (κ3) is 2.70. The maximum absolute atomic E-state index is 11.9. The highest BCUT2D eigenvalue weighted by atomic mass is 127. The largest absolute Gasteiger partial charge is 0.459 e. The number of rotatable bonds is 3. The van der Waals surface area contributed by atoms with Gasteiger partial charge in [-0.05, 0) is 26.3 Å². The minimum Gasteiger partial charge on any atom is -0.459 e. The lowest BCUT2D eigenvalue weighted by molar-refractivity contribution is -0.112. The number of carbonyl (C=O) groups is 1. The Kier molecular flexibility index (Phi) is 3.36. The molecule has 7 heteroatoms. The number of aromatic nitrogens is 2. The number of halogens is 1. The fourth-order valence-corrected chi connectivity index (χ4v) is 2.92. The molecule has 0 fully saturated rings. The predicted octanol–water partition coefficient (Wildman–Crippen LogP) is 2.49. The number of anilines is 1. The first kappa shape index (κ1) is 12.0. The van der Waals surface area contributed by atoms with Crippen molar-refractivity contribution >= 4 is 36.7 Å². The van der Waals surface area contributed by atoms with E-state index in [-0.39, 0.29) is 38.5 Å². The van der Waals surface area contributed by atoms with Crippen LogP contribution in [0.3, 0.4) is 0 Å². The Morgan fingerprint density at radius 1 is 1.37 bits per heavy atom. The van der Waals surface area contributed by atoms with Crippen LogP contribution in [-0.2, 0) is 4.79 Å². The molecule has 0 aromatic carbocycles. The Labute approximate surface area is 117 Å². The molecule has 0 aliphatic carbocycles. The first-order valence-corrected chi connectivity index (χ1v) is 7.83. The van der Waals surface area contributed by atoms with E-state index in [4.69, 9.17) is 8.83 Å². The van der Waals surface area contributed by atoms with Gasteiger partial charge in [0.25, 0.3) is 11.8 Å². The summed E-state index contributed by atoms with van der Waals surface area (Å²) in [5.74, 6) is 0.443. The van der Waals surface area contributed by atoms with Gasteiger partial charge < -0.3 is 8.83 Å². The van der Waals surface area contributed by atoms with Gasteiger partial charge in [-0.1, -0.05) is 31.9 Å². The van der Waals surface area contributed by atoms with Crippen molar-refractivity contribution in [1.29, 1.82) is 0 Å². The average Bonchev–Trinajstić information content (AvgIpc) is 3.10. The van der Waals surface area contributed by atoms with Crippen molar-refractivity contribution in [3.63, 3.8) is 0 Å². The highest BCUT2D eigenvalue weighted by molar-refractivity contribution is 14.2. The molecule has 1 aliphatic rings. The Hall–Kier alpha value is -2.03. The van der Waals surface area contributed by atoms with Crippen molar-refractivity contribution in [3.8, 4) is 11.7 Å². The average molecular weight is 369 g/mol. The highest BCUT2D eigenvalue weighted by Gasteiger charge is 2.14. The first-order valence-electron chi connectivity index (χ1n) is 5.34. The molecule has 6 nitrogen and oxygen atoms in total. The van der Waals surface area contributed by atoms with Crippen LogP contribution in [-0.4, -0.2) is 20.1 Å². The minimum atomic E-state index is -0.251. The highest BCUT2D eigenvalue weighted by Crippen LogP contribution is 2.20. The van der Waals surface area contributed by atoms with Gasteiger partial charge in [-0.15, -0.1) is 5.10 Å². The molecule has 2 aromatic heterocycles. The SMILES string of the molecule is O=C(Nc1nnc(-c2ccco2)o1)C1=CI=CC=C1. The molecule has 0 spiro atoms. The zero-order chi connectivity index (χ0) is 13.1. The molecule has 3 heterocycles. The van der Waals surface area contributed by atoms with Gasteiger partial charge in [-0.3, -0.25) is 10.1 Å². The molecule has 1 amide bonds. The van der Waals surface area contributed by atoms with E-state index in [1.807, 2.05) is 10.2 Å². The lowest BCUT2D eigenvalue weighted by Crippen LogP contribution is -2.13. The van der Waals surface area contributed by atoms with Gasteiger partial charge in [0, 0.05) is 5.57 Å². The van der Waals surface area contributed by atoms with Crippen LogP contribution in [0.4, 0.5) is 6.01 Å². The second-order valence-electron chi connectivity index (χ2n) is 3.52. The van der Waals surface area contributed by atoms with Crippen LogP contribution in [0.5, 0.6) is 0 Å². The lowest BCUT2D eigenvalue weighted by atomic mass is 10.2. The van der Waals surface area contributed by atoms with Gasteiger partial charge in [0.05, 0.1) is 6.26 Å². The normalized spacial score (nSPS) is 13.8. The topological polar surface area (TPSA) is 81.2 Å². The quantitative estimate of drug-likeness (QED) is 0.841. The summed E-state index contributed by atoms with van der Waals surface area (Å²) in [5.41, 5.74) is 0.619. The van der Waals surface area contributed by atoms with E-state index < -0.39 is 0 Å². The smallest absolute Gasteiger partial charge is 0.322 e. The molecule has 1 aliphatic heterocycles. The Morgan fingerprint density at radius 3 is 3.05 bits per heavy atom. The van der Waals surface area contributed by atoms with Crippen LogP contribution < -0.4 is 5.32 Å². The summed E-state index contributed by atoms with van der Waals surface area (Å²) in [6, 6.07) is 3.47. The van der Waals surface area contributed by atoms with Crippen LogP contribution in [0.25, 0.3) is 11.7 Å². The van der Waals surface area contributed by atoms with Crippen molar-refractivity contribution in [2.45, 2.75) is 0 Å². The zero-order valence-corrected chi connectivity index (χ0v) is 11.7. The van der Waals surface area contributed by atoms with Gasteiger partial charge in [0.15, 0.2) is 5.76 Å². The van der Waals surface area contributed by atoms with Crippen molar-refractivity contribution in [1.82, 2.24) is 10.2 Å². The number of carbonyl (C=O) groups excluding carboxylic acids is 1. The van der Waals surface area contributed by atoms with Crippen LogP contribution in [0.2, 0.25) is 0 Å². The molecule has 0 bridgehead atoms. The Balaban J connectivity index is 1.74. The summed E-state index contributed by atoms with van der Waals surface area (Å²) < 4.78 is 14.4. The Morgan fingerprint density at radius 2 is 2.32 bits per heavy atom. The number of hydrogen-bond donors (Lipinski definition) is 1. The molecular formula is C12H8IN3O3. The Bertz CT molecular complexity index is 683. The molecule has 1 N–H and O–H groups in total. The van der Waals surface area contributed by atoms with Crippen molar-refractivity contribution in [2.75, 3.05) is 5.32 Å². The summed E-state index contributed by atoms with van der Waals surface area (Å²) in [6.07, 6.45) is 5.14. The fourth-order valence-electron chi connectivity index (χ4n) is 1.39. The van der Waals surface area contributed by atoms with E-state index in [1.165, 1.54) is 6.26 Å².